The molecule has 2 amide bonds. The highest BCUT2D eigenvalue weighted by atomic mass is 16.5. The van der Waals surface area contributed by atoms with Gasteiger partial charge in [0, 0.05) is 18.4 Å². The van der Waals surface area contributed by atoms with Gasteiger partial charge in [0.25, 0.3) is 0 Å². The molecule has 0 unspecified atom stereocenters. The van der Waals surface area contributed by atoms with Gasteiger partial charge < -0.3 is 8.94 Å². The maximum atomic E-state index is 11.8. The number of hydrogen-bond donors (Lipinski definition) is 2. The fraction of sp³-hybridized carbons (Fsp3) is 0.176. The lowest BCUT2D eigenvalue weighted by Gasteiger charge is -2.04. The molecule has 0 atom stereocenters. The van der Waals surface area contributed by atoms with E-state index in [-0.39, 0.29) is 24.5 Å². The van der Waals surface area contributed by atoms with Crippen molar-refractivity contribution >= 4 is 11.8 Å². The van der Waals surface area contributed by atoms with E-state index in [9.17, 15) is 9.59 Å². The van der Waals surface area contributed by atoms with Crippen LogP contribution in [0.2, 0.25) is 0 Å². The third kappa shape index (κ3) is 4.31. The van der Waals surface area contributed by atoms with E-state index in [1.54, 1.807) is 6.07 Å². The highest BCUT2D eigenvalue weighted by Crippen LogP contribution is 2.16. The van der Waals surface area contributed by atoms with Gasteiger partial charge in [-0.25, -0.2) is 0 Å². The minimum absolute atomic E-state index is 0.0912. The van der Waals surface area contributed by atoms with Crippen LogP contribution in [0.4, 0.5) is 0 Å². The predicted octanol–water partition coefficient (Wildman–Crippen LogP) is 2.03. The van der Waals surface area contributed by atoms with Crippen LogP contribution in [0.5, 0.6) is 0 Å². The lowest BCUT2D eigenvalue weighted by Crippen LogP contribution is -2.41. The van der Waals surface area contributed by atoms with Crippen LogP contribution in [0.15, 0.2) is 51.6 Å². The van der Waals surface area contributed by atoms with Gasteiger partial charge in [-0.3, -0.25) is 20.4 Å². The van der Waals surface area contributed by atoms with Gasteiger partial charge in [-0.2, -0.15) is 4.98 Å². The quantitative estimate of drug-likeness (QED) is 0.688. The van der Waals surface area contributed by atoms with Crippen LogP contribution in [0, 0.1) is 6.92 Å². The molecule has 3 rings (SSSR count). The SMILES string of the molecule is Cc1ccc(-c2noc(CCC(=O)NNC(=O)c3ccco3)n2)cc1. The average Bonchev–Trinajstić information content (AvgIpc) is 3.30. The first-order chi connectivity index (χ1) is 12.1. The van der Waals surface area contributed by atoms with Gasteiger partial charge in [0.15, 0.2) is 5.76 Å². The molecule has 8 heteroatoms. The monoisotopic (exact) mass is 340 g/mol. The number of carbonyl (C=O) groups excluding carboxylic acids is 2. The molecule has 8 nitrogen and oxygen atoms in total. The summed E-state index contributed by atoms with van der Waals surface area (Å²) in [6, 6.07) is 10.8. The molecule has 2 heterocycles. The molecule has 128 valence electrons. The number of nitrogens with one attached hydrogen (secondary N) is 2. The van der Waals surface area contributed by atoms with Crippen molar-refractivity contribution in [2.45, 2.75) is 19.8 Å². The Hall–Kier alpha value is -3.42. The topological polar surface area (TPSA) is 110 Å². The van der Waals surface area contributed by atoms with Crippen molar-refractivity contribution in [3.63, 3.8) is 0 Å². The van der Waals surface area contributed by atoms with Crippen molar-refractivity contribution in [2.75, 3.05) is 0 Å². The summed E-state index contributed by atoms with van der Waals surface area (Å²) in [6.45, 7) is 1.99. The van der Waals surface area contributed by atoms with Gasteiger partial charge >= 0.3 is 5.91 Å². The number of aryl methyl sites for hydroxylation is 2. The number of nitrogens with zero attached hydrogens (tertiary/aromatic N) is 2. The summed E-state index contributed by atoms with van der Waals surface area (Å²) in [5.41, 5.74) is 6.54. The highest BCUT2D eigenvalue weighted by Gasteiger charge is 2.12. The summed E-state index contributed by atoms with van der Waals surface area (Å²) in [5.74, 6) is 0.0253. The molecule has 0 saturated carbocycles. The second kappa shape index (κ2) is 7.43. The van der Waals surface area contributed by atoms with E-state index in [1.165, 1.54) is 12.3 Å². The van der Waals surface area contributed by atoms with Crippen LogP contribution >= 0.6 is 0 Å². The van der Waals surface area contributed by atoms with Gasteiger partial charge in [0.1, 0.15) is 0 Å². The molecular formula is C17H16N4O4. The second-order valence-corrected chi connectivity index (χ2v) is 5.36. The lowest BCUT2D eigenvalue weighted by molar-refractivity contribution is -0.121. The number of carbonyl (C=O) groups is 2. The van der Waals surface area contributed by atoms with E-state index in [0.29, 0.717) is 11.7 Å². The largest absolute Gasteiger partial charge is 0.459 e. The van der Waals surface area contributed by atoms with E-state index in [0.717, 1.165) is 11.1 Å². The molecule has 0 aliphatic carbocycles. The molecule has 0 radical (unpaired) electrons. The van der Waals surface area contributed by atoms with E-state index in [4.69, 9.17) is 8.94 Å². The van der Waals surface area contributed by atoms with Crippen LogP contribution in [-0.2, 0) is 11.2 Å². The van der Waals surface area contributed by atoms with E-state index in [2.05, 4.69) is 21.0 Å². The number of aromatic nitrogens is 2. The summed E-state index contributed by atoms with van der Waals surface area (Å²) in [5, 5.41) is 3.90. The number of hydrogen-bond acceptors (Lipinski definition) is 6. The molecule has 0 bridgehead atoms. The third-order valence-corrected chi connectivity index (χ3v) is 3.40. The van der Waals surface area contributed by atoms with Gasteiger partial charge in [-0.1, -0.05) is 35.0 Å². The van der Waals surface area contributed by atoms with Crippen molar-refractivity contribution in [2.24, 2.45) is 0 Å². The first kappa shape index (κ1) is 16.4. The molecule has 2 aromatic heterocycles. The standard InChI is InChI=1S/C17H16N4O4/c1-11-4-6-12(7-5-11)16-18-15(25-21-16)9-8-14(22)19-20-17(23)13-3-2-10-24-13/h2-7,10H,8-9H2,1H3,(H,19,22)(H,20,23). The highest BCUT2D eigenvalue weighted by molar-refractivity contribution is 5.92. The lowest BCUT2D eigenvalue weighted by atomic mass is 10.1. The fourth-order valence-electron chi connectivity index (χ4n) is 2.06. The number of amides is 2. The first-order valence-electron chi connectivity index (χ1n) is 7.64. The number of rotatable bonds is 5. The predicted molar refractivity (Wildman–Crippen MR) is 87.1 cm³/mol. The Morgan fingerprint density at radius 2 is 1.92 bits per heavy atom. The molecule has 0 spiro atoms. The van der Waals surface area contributed by atoms with Crippen LogP contribution in [0.25, 0.3) is 11.4 Å². The normalized spacial score (nSPS) is 10.4. The van der Waals surface area contributed by atoms with Crippen molar-refractivity contribution in [3.05, 3.63) is 59.9 Å². The number of furan rings is 1. The molecule has 3 aromatic rings. The van der Waals surface area contributed by atoms with E-state index in [1.807, 2.05) is 31.2 Å². The van der Waals surface area contributed by atoms with Crippen LogP contribution < -0.4 is 10.9 Å². The van der Waals surface area contributed by atoms with Crippen molar-refractivity contribution in [1.29, 1.82) is 0 Å². The Bertz CT molecular complexity index is 853. The molecule has 0 aliphatic heterocycles. The van der Waals surface area contributed by atoms with Crippen molar-refractivity contribution < 1.29 is 18.5 Å². The van der Waals surface area contributed by atoms with Gasteiger partial charge in [0.05, 0.1) is 6.26 Å². The van der Waals surface area contributed by atoms with Crippen LogP contribution in [0.1, 0.15) is 28.4 Å². The molecule has 0 saturated heterocycles. The summed E-state index contributed by atoms with van der Waals surface area (Å²) < 4.78 is 10.1. The Morgan fingerprint density at radius 3 is 2.64 bits per heavy atom. The smallest absolute Gasteiger partial charge is 0.305 e. The zero-order valence-corrected chi connectivity index (χ0v) is 13.5. The summed E-state index contributed by atoms with van der Waals surface area (Å²) in [6.07, 6.45) is 1.73. The van der Waals surface area contributed by atoms with Gasteiger partial charge in [0.2, 0.25) is 17.6 Å². The molecule has 1 aromatic carbocycles. The summed E-state index contributed by atoms with van der Waals surface area (Å²) in [7, 11) is 0. The van der Waals surface area contributed by atoms with Crippen molar-refractivity contribution in [1.82, 2.24) is 21.0 Å². The van der Waals surface area contributed by atoms with Gasteiger partial charge in [-0.15, -0.1) is 0 Å². The Balaban J connectivity index is 1.48. The number of hydrazine groups is 1. The van der Waals surface area contributed by atoms with Gasteiger partial charge in [-0.05, 0) is 19.1 Å². The average molecular weight is 340 g/mol. The van der Waals surface area contributed by atoms with Crippen LogP contribution in [0.3, 0.4) is 0 Å². The van der Waals surface area contributed by atoms with Crippen LogP contribution in [-0.4, -0.2) is 22.0 Å². The Morgan fingerprint density at radius 1 is 1.12 bits per heavy atom. The molecule has 0 aliphatic rings. The Labute approximate surface area is 143 Å². The molecule has 2 N–H and O–H groups in total. The second-order valence-electron chi connectivity index (χ2n) is 5.36. The first-order valence-corrected chi connectivity index (χ1v) is 7.64. The molecular weight excluding hydrogens is 324 g/mol. The zero-order valence-electron chi connectivity index (χ0n) is 13.5. The summed E-state index contributed by atoms with van der Waals surface area (Å²) in [4.78, 5) is 27.6. The fourth-order valence-corrected chi connectivity index (χ4v) is 2.06. The van der Waals surface area contributed by atoms with E-state index >= 15 is 0 Å². The van der Waals surface area contributed by atoms with E-state index < -0.39 is 5.91 Å². The maximum Gasteiger partial charge on any atom is 0.305 e. The maximum absolute atomic E-state index is 11.8. The third-order valence-electron chi connectivity index (χ3n) is 3.40. The van der Waals surface area contributed by atoms with Crippen molar-refractivity contribution in [3.8, 4) is 11.4 Å². The Kier molecular flexibility index (Phi) is 4.89. The summed E-state index contributed by atoms with van der Waals surface area (Å²) >= 11 is 0. The minimum atomic E-state index is -0.530. The zero-order chi connectivity index (χ0) is 17.6. The number of benzene rings is 1. The minimum Gasteiger partial charge on any atom is -0.459 e. The molecule has 25 heavy (non-hydrogen) atoms. The molecule has 0 fully saturated rings.